The third-order valence-electron chi connectivity index (χ3n) is 8.38. The maximum absolute atomic E-state index is 11.4. The van der Waals surface area contributed by atoms with Gasteiger partial charge in [0.15, 0.2) is 12.6 Å². The van der Waals surface area contributed by atoms with Gasteiger partial charge in [-0.25, -0.2) is 0 Å². The van der Waals surface area contributed by atoms with Gasteiger partial charge in [0.05, 0.1) is 31.5 Å². The third kappa shape index (κ3) is 9.16. The Bertz CT molecular complexity index is 741. The van der Waals surface area contributed by atoms with Crippen molar-refractivity contribution in [3.05, 3.63) is 24.3 Å². The van der Waals surface area contributed by atoms with Gasteiger partial charge in [0, 0.05) is 32.0 Å². The van der Waals surface area contributed by atoms with E-state index in [1.54, 1.807) is 0 Å². The first-order valence-corrected chi connectivity index (χ1v) is 15.3. The number of rotatable bonds is 14. The summed E-state index contributed by atoms with van der Waals surface area (Å²) in [7, 11) is 1.43. The average molecular weight is 535 g/mol. The molecule has 1 saturated carbocycles. The Labute approximate surface area is 229 Å². The standard InChI is InChI=1S/C31H50O7/c1-3-4-5-12-23(37-30-15-8-10-19-34-30)17-18-25-26-21-24(13-6-7-14-29(32)33-2)36-28(26)22-27(25)38-31-16-9-11-20-35-31/h6,13,17-18,23-28,30-31H,3-5,7-12,14-16,19-22H2,1-2H3/b13-6+,18-17+/t23-,24?,25+,26+,27+,28+,30?,31?/m0/s1. The summed E-state index contributed by atoms with van der Waals surface area (Å²) in [6, 6.07) is 0. The lowest BCUT2D eigenvalue weighted by atomic mass is 9.89. The Morgan fingerprint density at radius 1 is 1.00 bits per heavy atom. The van der Waals surface area contributed by atoms with Crippen LogP contribution in [0.15, 0.2) is 24.3 Å². The van der Waals surface area contributed by atoms with Crippen molar-refractivity contribution < 1.29 is 33.2 Å². The highest BCUT2D eigenvalue weighted by atomic mass is 16.7. The minimum absolute atomic E-state index is 0.0617. The zero-order chi connectivity index (χ0) is 26.6. The molecule has 3 heterocycles. The Kier molecular flexibility index (Phi) is 12.6. The average Bonchev–Trinajstić information content (AvgIpc) is 3.47. The highest BCUT2D eigenvalue weighted by molar-refractivity contribution is 5.69. The van der Waals surface area contributed by atoms with E-state index in [9.17, 15) is 4.79 Å². The summed E-state index contributed by atoms with van der Waals surface area (Å²) in [4.78, 5) is 11.4. The van der Waals surface area contributed by atoms with Crippen LogP contribution in [0.25, 0.3) is 0 Å². The van der Waals surface area contributed by atoms with Gasteiger partial charge in [-0.2, -0.15) is 0 Å². The van der Waals surface area contributed by atoms with Crippen LogP contribution in [-0.2, 0) is 33.2 Å². The van der Waals surface area contributed by atoms with Crippen LogP contribution in [0.5, 0.6) is 0 Å². The highest BCUT2D eigenvalue weighted by Crippen LogP contribution is 2.46. The molecule has 0 amide bonds. The van der Waals surface area contributed by atoms with Gasteiger partial charge < -0.3 is 28.4 Å². The lowest BCUT2D eigenvalue weighted by Crippen LogP contribution is -2.31. The summed E-state index contributed by atoms with van der Waals surface area (Å²) < 4.78 is 36.1. The number of ether oxygens (including phenoxy) is 6. The minimum Gasteiger partial charge on any atom is -0.469 e. The topological polar surface area (TPSA) is 72.5 Å². The second-order valence-electron chi connectivity index (χ2n) is 11.3. The number of unbranched alkanes of at least 4 members (excludes halogenated alkanes) is 2. The van der Waals surface area contributed by atoms with Crippen molar-refractivity contribution in [2.75, 3.05) is 20.3 Å². The second-order valence-corrected chi connectivity index (χ2v) is 11.3. The molecular weight excluding hydrogens is 484 g/mol. The Hall–Kier alpha value is -1.25. The summed E-state index contributed by atoms with van der Waals surface area (Å²) >= 11 is 0. The van der Waals surface area contributed by atoms with Gasteiger partial charge in [0.1, 0.15) is 0 Å². The largest absolute Gasteiger partial charge is 0.469 e. The number of allylic oxidation sites excluding steroid dienone is 1. The first-order valence-electron chi connectivity index (χ1n) is 15.3. The monoisotopic (exact) mass is 534 g/mol. The predicted octanol–water partition coefficient (Wildman–Crippen LogP) is 6.25. The number of carbonyl (C=O) groups excluding carboxylic acids is 1. The number of esters is 1. The van der Waals surface area contributed by atoms with Crippen LogP contribution in [0, 0.1) is 11.8 Å². The number of methoxy groups -OCH3 is 1. The van der Waals surface area contributed by atoms with E-state index in [1.165, 1.54) is 26.4 Å². The maximum atomic E-state index is 11.4. The molecule has 7 nitrogen and oxygen atoms in total. The molecule has 0 aromatic rings. The van der Waals surface area contributed by atoms with Gasteiger partial charge in [-0.1, -0.05) is 50.5 Å². The molecule has 4 rings (SSSR count). The zero-order valence-electron chi connectivity index (χ0n) is 23.6. The molecular formula is C31H50O7. The summed E-state index contributed by atoms with van der Waals surface area (Å²) in [5, 5.41) is 0. The lowest BCUT2D eigenvalue weighted by molar-refractivity contribution is -0.194. The fourth-order valence-electron chi connectivity index (χ4n) is 6.27. The Balaban J connectivity index is 1.40. The summed E-state index contributed by atoms with van der Waals surface area (Å²) in [5.41, 5.74) is 0. The van der Waals surface area contributed by atoms with E-state index in [4.69, 9.17) is 28.4 Å². The minimum atomic E-state index is -0.177. The summed E-state index contributed by atoms with van der Waals surface area (Å²) in [5.74, 6) is 0.490. The number of hydrogen-bond donors (Lipinski definition) is 0. The van der Waals surface area contributed by atoms with E-state index in [0.29, 0.717) is 18.8 Å². The number of carbonyl (C=O) groups is 1. The molecule has 3 saturated heterocycles. The molecule has 3 unspecified atom stereocenters. The quantitative estimate of drug-likeness (QED) is 0.148. The van der Waals surface area contributed by atoms with Crippen LogP contribution in [0.2, 0.25) is 0 Å². The molecule has 0 bridgehead atoms. The molecule has 8 atom stereocenters. The van der Waals surface area contributed by atoms with Gasteiger partial charge in [-0.3, -0.25) is 4.79 Å². The van der Waals surface area contributed by atoms with Crippen molar-refractivity contribution in [2.24, 2.45) is 11.8 Å². The van der Waals surface area contributed by atoms with Crippen LogP contribution in [-0.4, -0.2) is 63.3 Å². The molecule has 1 aliphatic carbocycles. The molecule has 0 spiro atoms. The first-order chi connectivity index (χ1) is 18.7. The Morgan fingerprint density at radius 3 is 2.50 bits per heavy atom. The molecule has 0 N–H and O–H groups in total. The van der Waals surface area contributed by atoms with Gasteiger partial charge >= 0.3 is 5.97 Å². The Morgan fingerprint density at radius 2 is 1.79 bits per heavy atom. The van der Waals surface area contributed by atoms with Crippen molar-refractivity contribution in [3.63, 3.8) is 0 Å². The van der Waals surface area contributed by atoms with E-state index in [1.807, 2.05) is 0 Å². The molecule has 38 heavy (non-hydrogen) atoms. The maximum Gasteiger partial charge on any atom is 0.305 e. The van der Waals surface area contributed by atoms with Crippen LogP contribution < -0.4 is 0 Å². The molecule has 0 aromatic carbocycles. The molecule has 3 aliphatic heterocycles. The zero-order valence-corrected chi connectivity index (χ0v) is 23.6. The fourth-order valence-corrected chi connectivity index (χ4v) is 6.27. The smallest absolute Gasteiger partial charge is 0.305 e. The van der Waals surface area contributed by atoms with Gasteiger partial charge in [-0.15, -0.1) is 0 Å². The second kappa shape index (κ2) is 16.1. The molecule has 0 radical (unpaired) electrons. The fraction of sp³-hybridized carbons (Fsp3) is 0.839. The van der Waals surface area contributed by atoms with E-state index >= 15 is 0 Å². The van der Waals surface area contributed by atoms with Gasteiger partial charge in [-0.05, 0) is 63.7 Å². The summed E-state index contributed by atoms with van der Waals surface area (Å²) in [6.07, 6.45) is 23.1. The first kappa shape index (κ1) is 29.7. The number of hydrogen-bond acceptors (Lipinski definition) is 7. The van der Waals surface area contributed by atoms with Crippen molar-refractivity contribution in [2.45, 2.75) is 134 Å². The molecule has 7 heteroatoms. The molecule has 4 aliphatic rings. The van der Waals surface area contributed by atoms with Crippen LogP contribution in [0.3, 0.4) is 0 Å². The molecule has 216 valence electrons. The van der Waals surface area contributed by atoms with E-state index in [-0.39, 0.29) is 48.9 Å². The molecule has 4 fully saturated rings. The van der Waals surface area contributed by atoms with Crippen LogP contribution in [0.4, 0.5) is 0 Å². The lowest BCUT2D eigenvalue weighted by Gasteiger charge is -2.30. The van der Waals surface area contributed by atoms with Crippen molar-refractivity contribution in [3.8, 4) is 0 Å². The van der Waals surface area contributed by atoms with Crippen molar-refractivity contribution in [1.29, 1.82) is 0 Å². The molecule has 0 aromatic heterocycles. The van der Waals surface area contributed by atoms with Crippen molar-refractivity contribution in [1.82, 2.24) is 0 Å². The van der Waals surface area contributed by atoms with E-state index < -0.39 is 0 Å². The van der Waals surface area contributed by atoms with Crippen molar-refractivity contribution >= 4 is 5.97 Å². The normalized spacial score (nSPS) is 34.6. The van der Waals surface area contributed by atoms with Crippen LogP contribution in [0.1, 0.15) is 96.8 Å². The number of fused-ring (bicyclic) bond motifs is 1. The highest BCUT2D eigenvalue weighted by Gasteiger charge is 2.49. The van der Waals surface area contributed by atoms with Crippen LogP contribution >= 0.6 is 0 Å². The third-order valence-corrected chi connectivity index (χ3v) is 8.38. The SMILES string of the molecule is CCCCC[C@@H](/C=C/[C@@H]1[C@H]2CC(/C=C/CCC(=O)OC)O[C@@H]2C[C@H]1OC1CCCCO1)OC1CCCCO1. The van der Waals surface area contributed by atoms with E-state index in [2.05, 4.69) is 31.2 Å². The van der Waals surface area contributed by atoms with Gasteiger partial charge in [0.2, 0.25) is 0 Å². The predicted molar refractivity (Wildman–Crippen MR) is 145 cm³/mol. The van der Waals surface area contributed by atoms with Gasteiger partial charge in [0.25, 0.3) is 0 Å². The van der Waals surface area contributed by atoms with E-state index in [0.717, 1.165) is 71.0 Å². The summed E-state index contributed by atoms with van der Waals surface area (Å²) in [6.45, 7) is 3.82.